The second-order valence-corrected chi connectivity index (χ2v) is 5.53. The Morgan fingerprint density at radius 1 is 1.10 bits per heavy atom. The van der Waals surface area contributed by atoms with E-state index in [1.54, 1.807) is 11.3 Å². The van der Waals surface area contributed by atoms with Crippen molar-refractivity contribution >= 4 is 11.3 Å². The van der Waals surface area contributed by atoms with Crippen LogP contribution in [0.5, 0.6) is 11.5 Å². The highest BCUT2D eigenvalue weighted by atomic mass is 32.1. The molecule has 2 aromatic rings. The third-order valence-corrected chi connectivity index (χ3v) is 4.07. The zero-order valence-corrected chi connectivity index (χ0v) is 13.7. The number of hydrogen-bond acceptors (Lipinski definition) is 4. The highest BCUT2D eigenvalue weighted by molar-refractivity contribution is 7.07. The van der Waals surface area contributed by atoms with Gasteiger partial charge in [-0.2, -0.15) is 11.3 Å². The van der Waals surface area contributed by atoms with Crippen LogP contribution in [0.3, 0.4) is 0 Å². The normalized spacial score (nSPS) is 12.1. The van der Waals surface area contributed by atoms with Gasteiger partial charge in [0.1, 0.15) is 0 Å². The number of ether oxygens (including phenoxy) is 2. The van der Waals surface area contributed by atoms with Crippen molar-refractivity contribution in [2.24, 2.45) is 0 Å². The molecule has 0 saturated carbocycles. The van der Waals surface area contributed by atoms with Crippen LogP contribution in [-0.2, 0) is 6.42 Å². The van der Waals surface area contributed by atoms with Crippen LogP contribution in [0.4, 0.5) is 0 Å². The maximum atomic E-state index is 5.71. The van der Waals surface area contributed by atoms with Crippen LogP contribution in [0.2, 0.25) is 0 Å². The van der Waals surface area contributed by atoms with E-state index in [4.69, 9.17) is 9.47 Å². The molecule has 114 valence electrons. The quantitative estimate of drug-likeness (QED) is 0.798. The first-order valence-corrected chi connectivity index (χ1v) is 8.30. The lowest BCUT2D eigenvalue weighted by Crippen LogP contribution is -2.18. The van der Waals surface area contributed by atoms with Gasteiger partial charge in [0.25, 0.3) is 0 Å². The van der Waals surface area contributed by atoms with Crippen molar-refractivity contribution in [2.45, 2.75) is 26.3 Å². The summed E-state index contributed by atoms with van der Waals surface area (Å²) in [6.45, 7) is 5.25. The van der Waals surface area contributed by atoms with Crippen LogP contribution in [0.15, 0.2) is 35.0 Å². The molecular formula is C17H23NO2S. The minimum atomic E-state index is 0.273. The van der Waals surface area contributed by atoms with Gasteiger partial charge in [0, 0.05) is 6.04 Å². The van der Waals surface area contributed by atoms with Gasteiger partial charge < -0.3 is 14.8 Å². The Kier molecular flexibility index (Phi) is 6.08. The van der Waals surface area contributed by atoms with E-state index in [1.807, 2.05) is 27.0 Å². The fourth-order valence-electron chi connectivity index (χ4n) is 2.32. The molecule has 2 rings (SSSR count). The van der Waals surface area contributed by atoms with E-state index in [-0.39, 0.29) is 6.04 Å². The Labute approximate surface area is 130 Å². The number of hydrogen-bond donors (Lipinski definition) is 1. The summed E-state index contributed by atoms with van der Waals surface area (Å²) >= 11 is 1.74. The summed E-state index contributed by atoms with van der Waals surface area (Å²) < 4.78 is 11.3. The largest absolute Gasteiger partial charge is 0.490 e. The van der Waals surface area contributed by atoms with E-state index < -0.39 is 0 Å². The average Bonchev–Trinajstić information content (AvgIpc) is 3.00. The molecule has 1 atom stereocenters. The molecule has 1 aromatic carbocycles. The molecule has 0 aliphatic rings. The van der Waals surface area contributed by atoms with Crippen molar-refractivity contribution in [3.63, 3.8) is 0 Å². The zero-order valence-electron chi connectivity index (χ0n) is 12.9. The van der Waals surface area contributed by atoms with Crippen LogP contribution >= 0.6 is 11.3 Å². The molecule has 0 spiro atoms. The smallest absolute Gasteiger partial charge is 0.161 e. The molecule has 1 heterocycles. The maximum Gasteiger partial charge on any atom is 0.161 e. The van der Waals surface area contributed by atoms with Crippen molar-refractivity contribution in [1.29, 1.82) is 0 Å². The van der Waals surface area contributed by atoms with Gasteiger partial charge in [-0.05, 0) is 67.4 Å². The van der Waals surface area contributed by atoms with Crippen LogP contribution in [0.25, 0.3) is 0 Å². The summed E-state index contributed by atoms with van der Waals surface area (Å²) in [6.07, 6.45) is 0.972. The van der Waals surface area contributed by atoms with Crippen LogP contribution in [0, 0.1) is 0 Å². The molecule has 1 aromatic heterocycles. The number of likely N-dealkylation sites (N-methyl/N-ethyl adjacent to an activating group) is 1. The summed E-state index contributed by atoms with van der Waals surface area (Å²) in [4.78, 5) is 0. The Balaban J connectivity index is 2.22. The highest BCUT2D eigenvalue weighted by Crippen LogP contribution is 2.31. The lowest BCUT2D eigenvalue weighted by Gasteiger charge is -2.19. The first-order chi connectivity index (χ1) is 10.3. The Bertz CT molecular complexity index is 540. The molecule has 21 heavy (non-hydrogen) atoms. The molecule has 0 aliphatic carbocycles. The molecule has 0 radical (unpaired) electrons. The molecule has 0 saturated heterocycles. The van der Waals surface area contributed by atoms with Crippen molar-refractivity contribution in [3.8, 4) is 11.5 Å². The SMILES string of the molecule is CCOc1ccc(C(Cc2ccsc2)NC)cc1OCC. The van der Waals surface area contributed by atoms with Gasteiger partial charge in [-0.15, -0.1) is 0 Å². The van der Waals surface area contributed by atoms with Gasteiger partial charge in [0.15, 0.2) is 11.5 Å². The van der Waals surface area contributed by atoms with Gasteiger partial charge in [0.05, 0.1) is 13.2 Å². The molecule has 0 aliphatic heterocycles. The van der Waals surface area contributed by atoms with E-state index in [0.29, 0.717) is 13.2 Å². The second kappa shape index (κ2) is 8.05. The molecule has 1 unspecified atom stereocenters. The average molecular weight is 305 g/mol. The summed E-state index contributed by atoms with van der Waals surface area (Å²) in [5.41, 5.74) is 2.57. The lowest BCUT2D eigenvalue weighted by atomic mass is 10.0. The second-order valence-electron chi connectivity index (χ2n) is 4.75. The molecule has 1 N–H and O–H groups in total. The first kappa shape index (κ1) is 15.9. The van der Waals surface area contributed by atoms with E-state index in [1.165, 1.54) is 11.1 Å². The Morgan fingerprint density at radius 3 is 2.48 bits per heavy atom. The fourth-order valence-corrected chi connectivity index (χ4v) is 3.00. The first-order valence-electron chi connectivity index (χ1n) is 7.36. The van der Waals surface area contributed by atoms with E-state index in [2.05, 4.69) is 34.3 Å². The number of thiophene rings is 1. The molecular weight excluding hydrogens is 282 g/mol. The highest BCUT2D eigenvalue weighted by Gasteiger charge is 2.14. The van der Waals surface area contributed by atoms with Crippen LogP contribution in [0.1, 0.15) is 31.0 Å². The predicted molar refractivity (Wildman–Crippen MR) is 88.6 cm³/mol. The van der Waals surface area contributed by atoms with Gasteiger partial charge >= 0.3 is 0 Å². The van der Waals surface area contributed by atoms with Crippen molar-refractivity contribution < 1.29 is 9.47 Å². The minimum Gasteiger partial charge on any atom is -0.490 e. The van der Waals surface area contributed by atoms with Crippen LogP contribution < -0.4 is 14.8 Å². The van der Waals surface area contributed by atoms with E-state index >= 15 is 0 Å². The number of benzene rings is 1. The van der Waals surface area contributed by atoms with E-state index in [0.717, 1.165) is 17.9 Å². The standard InChI is InChI=1S/C17H23NO2S/c1-4-19-16-7-6-14(11-17(16)20-5-2)15(18-3)10-13-8-9-21-12-13/h6-9,11-12,15,18H,4-5,10H2,1-3H3. The minimum absolute atomic E-state index is 0.273. The van der Waals surface area contributed by atoms with Crippen molar-refractivity contribution in [1.82, 2.24) is 5.32 Å². The van der Waals surface area contributed by atoms with Gasteiger partial charge in [0.2, 0.25) is 0 Å². The van der Waals surface area contributed by atoms with Crippen molar-refractivity contribution in [3.05, 3.63) is 46.2 Å². The summed E-state index contributed by atoms with van der Waals surface area (Å²) in [5.74, 6) is 1.64. The Hall–Kier alpha value is -1.52. The Morgan fingerprint density at radius 2 is 1.86 bits per heavy atom. The molecule has 0 amide bonds. The third-order valence-electron chi connectivity index (χ3n) is 3.34. The predicted octanol–water partition coefficient (Wildman–Crippen LogP) is 4.05. The van der Waals surface area contributed by atoms with Gasteiger partial charge in [-0.25, -0.2) is 0 Å². The summed E-state index contributed by atoms with van der Waals surface area (Å²) in [7, 11) is 1.99. The van der Waals surface area contributed by atoms with Crippen LogP contribution in [-0.4, -0.2) is 20.3 Å². The summed E-state index contributed by atoms with van der Waals surface area (Å²) in [6, 6.07) is 8.65. The number of rotatable bonds is 8. The number of nitrogens with one attached hydrogen (secondary N) is 1. The molecule has 3 nitrogen and oxygen atoms in total. The molecule has 0 bridgehead atoms. The van der Waals surface area contributed by atoms with E-state index in [9.17, 15) is 0 Å². The maximum absolute atomic E-state index is 5.71. The van der Waals surface area contributed by atoms with Gasteiger partial charge in [-0.1, -0.05) is 6.07 Å². The summed E-state index contributed by atoms with van der Waals surface area (Å²) in [5, 5.41) is 7.70. The lowest BCUT2D eigenvalue weighted by molar-refractivity contribution is 0.287. The van der Waals surface area contributed by atoms with Crippen molar-refractivity contribution in [2.75, 3.05) is 20.3 Å². The molecule has 0 fully saturated rings. The third kappa shape index (κ3) is 4.22. The van der Waals surface area contributed by atoms with Gasteiger partial charge in [-0.3, -0.25) is 0 Å². The zero-order chi connectivity index (χ0) is 15.1. The topological polar surface area (TPSA) is 30.5 Å². The fraction of sp³-hybridized carbons (Fsp3) is 0.412. The molecule has 4 heteroatoms. The monoisotopic (exact) mass is 305 g/mol.